The Labute approximate surface area is 124 Å². The normalized spacial score (nSPS) is 10.7. The summed E-state index contributed by atoms with van der Waals surface area (Å²) in [6.07, 6.45) is 0. The van der Waals surface area contributed by atoms with Crippen LogP contribution in [0.3, 0.4) is 0 Å². The second kappa shape index (κ2) is 10.1. The molecule has 0 atom stereocenters. The van der Waals surface area contributed by atoms with E-state index in [1.165, 1.54) is 12.1 Å². The lowest BCUT2D eigenvalue weighted by Gasteiger charge is -2.09. The molecule has 1 rings (SSSR count). The third-order valence-electron chi connectivity index (χ3n) is 2.06. The van der Waals surface area contributed by atoms with E-state index in [0.29, 0.717) is 19.0 Å². The van der Waals surface area contributed by atoms with Gasteiger partial charge in [-0.3, -0.25) is 0 Å². The van der Waals surface area contributed by atoms with Crippen LogP contribution in [0.5, 0.6) is 0 Å². The van der Waals surface area contributed by atoms with E-state index in [9.17, 15) is 4.39 Å². The summed E-state index contributed by atoms with van der Waals surface area (Å²) in [6, 6.07) is 6.35. The largest absolute Gasteiger partial charge is 0.395 e. The first-order valence-corrected chi connectivity index (χ1v) is 5.63. The first kappa shape index (κ1) is 17.1. The lowest BCUT2D eigenvalue weighted by atomic mass is 10.2. The average Bonchev–Trinajstić information content (AvgIpc) is 2.33. The summed E-state index contributed by atoms with van der Waals surface area (Å²) in [7, 11) is 0. The zero-order valence-corrected chi connectivity index (χ0v) is 12.6. The molecule has 0 aromatic heterocycles. The Morgan fingerprint density at radius 3 is 2.78 bits per heavy atom. The zero-order valence-electron chi connectivity index (χ0n) is 10.3. The smallest absolute Gasteiger partial charge is 0.191 e. The molecule has 3 N–H and O–H groups in total. The summed E-state index contributed by atoms with van der Waals surface area (Å²) in [4.78, 5) is 4.28. The molecule has 0 bridgehead atoms. The van der Waals surface area contributed by atoms with E-state index in [4.69, 9.17) is 5.11 Å². The van der Waals surface area contributed by atoms with Crippen LogP contribution in [0.2, 0.25) is 0 Å². The molecule has 0 aliphatic heterocycles. The number of nitrogens with zero attached hydrogens (tertiary/aromatic N) is 1. The van der Waals surface area contributed by atoms with E-state index in [1.54, 1.807) is 6.07 Å². The highest BCUT2D eigenvalue weighted by Crippen LogP contribution is 2.04. The van der Waals surface area contributed by atoms with Crippen molar-refractivity contribution < 1.29 is 9.50 Å². The van der Waals surface area contributed by atoms with Gasteiger partial charge in [0.25, 0.3) is 0 Å². The molecule has 1 aromatic carbocycles. The fourth-order valence-electron chi connectivity index (χ4n) is 1.32. The van der Waals surface area contributed by atoms with Crippen molar-refractivity contribution in [2.75, 3.05) is 19.7 Å². The summed E-state index contributed by atoms with van der Waals surface area (Å²) in [5, 5.41) is 14.7. The molecule has 0 aliphatic carbocycles. The Balaban J connectivity index is 0.00000289. The molecular weight excluding hydrogens is 348 g/mol. The molecule has 0 saturated carbocycles. The molecule has 0 radical (unpaired) electrons. The molecule has 0 heterocycles. The summed E-state index contributed by atoms with van der Waals surface area (Å²) >= 11 is 0. The van der Waals surface area contributed by atoms with Gasteiger partial charge in [-0.2, -0.15) is 0 Å². The fourth-order valence-corrected chi connectivity index (χ4v) is 1.32. The number of halogens is 2. The Morgan fingerprint density at radius 1 is 1.39 bits per heavy atom. The van der Waals surface area contributed by atoms with Crippen molar-refractivity contribution in [1.29, 1.82) is 0 Å². The summed E-state index contributed by atoms with van der Waals surface area (Å²) in [6.45, 7) is 3.58. The summed E-state index contributed by atoms with van der Waals surface area (Å²) in [5.41, 5.74) is 0.811. The fraction of sp³-hybridized carbons (Fsp3) is 0.417. The van der Waals surface area contributed by atoms with Crippen LogP contribution in [-0.4, -0.2) is 30.8 Å². The van der Waals surface area contributed by atoms with Crippen LogP contribution in [0.15, 0.2) is 29.3 Å². The maximum Gasteiger partial charge on any atom is 0.191 e. The van der Waals surface area contributed by atoms with Gasteiger partial charge < -0.3 is 15.7 Å². The molecule has 6 heteroatoms. The Kier molecular flexibility index (Phi) is 9.57. The first-order valence-electron chi connectivity index (χ1n) is 5.63. The minimum Gasteiger partial charge on any atom is -0.395 e. The summed E-state index contributed by atoms with van der Waals surface area (Å²) < 4.78 is 12.9. The number of hydrogen-bond donors (Lipinski definition) is 3. The van der Waals surface area contributed by atoms with Crippen LogP contribution in [-0.2, 0) is 6.54 Å². The van der Waals surface area contributed by atoms with Gasteiger partial charge in [0.1, 0.15) is 5.82 Å². The van der Waals surface area contributed by atoms with Crippen molar-refractivity contribution >= 4 is 29.9 Å². The van der Waals surface area contributed by atoms with Crippen molar-refractivity contribution in [1.82, 2.24) is 10.6 Å². The van der Waals surface area contributed by atoms with Crippen LogP contribution < -0.4 is 10.6 Å². The second-order valence-electron chi connectivity index (χ2n) is 3.48. The number of benzene rings is 1. The molecular formula is C12H19FIN3O. The van der Waals surface area contributed by atoms with Gasteiger partial charge in [0.05, 0.1) is 13.2 Å². The minimum atomic E-state index is -0.258. The SMILES string of the molecule is CCNC(=NCc1cccc(F)c1)NCCO.I. The highest BCUT2D eigenvalue weighted by Gasteiger charge is 1.97. The Bertz CT molecular complexity index is 374. The van der Waals surface area contributed by atoms with Gasteiger partial charge >= 0.3 is 0 Å². The molecule has 102 valence electrons. The third-order valence-corrected chi connectivity index (χ3v) is 2.06. The summed E-state index contributed by atoms with van der Waals surface area (Å²) in [5.74, 6) is 0.358. The van der Waals surface area contributed by atoms with Crippen LogP contribution >= 0.6 is 24.0 Å². The lowest BCUT2D eigenvalue weighted by Crippen LogP contribution is -2.38. The minimum absolute atomic E-state index is 0. The van der Waals surface area contributed by atoms with Crippen molar-refractivity contribution in [3.05, 3.63) is 35.6 Å². The van der Waals surface area contributed by atoms with E-state index in [1.807, 2.05) is 13.0 Å². The van der Waals surface area contributed by atoms with Crippen LogP contribution in [0.4, 0.5) is 4.39 Å². The molecule has 1 aromatic rings. The molecule has 18 heavy (non-hydrogen) atoms. The van der Waals surface area contributed by atoms with E-state index in [-0.39, 0.29) is 36.4 Å². The van der Waals surface area contributed by atoms with E-state index < -0.39 is 0 Å². The highest BCUT2D eigenvalue weighted by molar-refractivity contribution is 14.0. The predicted octanol–water partition coefficient (Wildman–Crippen LogP) is 1.49. The standard InChI is InChI=1S/C12H18FN3O.HI/c1-2-14-12(15-6-7-17)16-9-10-4-3-5-11(13)8-10;/h3-5,8,17H,2,6-7,9H2,1H3,(H2,14,15,16);1H. The van der Waals surface area contributed by atoms with Gasteiger partial charge in [0.2, 0.25) is 0 Å². The van der Waals surface area contributed by atoms with E-state index in [2.05, 4.69) is 15.6 Å². The van der Waals surface area contributed by atoms with Crippen LogP contribution in [0.25, 0.3) is 0 Å². The maximum atomic E-state index is 12.9. The predicted molar refractivity (Wildman–Crippen MR) is 81.7 cm³/mol. The molecule has 0 fully saturated rings. The van der Waals surface area contributed by atoms with E-state index >= 15 is 0 Å². The van der Waals surface area contributed by atoms with Crippen molar-refractivity contribution in [3.63, 3.8) is 0 Å². The highest BCUT2D eigenvalue weighted by atomic mass is 127. The Morgan fingerprint density at radius 2 is 2.17 bits per heavy atom. The molecule has 0 aliphatic rings. The van der Waals surface area contributed by atoms with Crippen molar-refractivity contribution in [2.45, 2.75) is 13.5 Å². The number of aliphatic hydroxyl groups is 1. The van der Waals surface area contributed by atoms with Crippen molar-refractivity contribution in [2.24, 2.45) is 4.99 Å². The topological polar surface area (TPSA) is 56.7 Å². The van der Waals surface area contributed by atoms with Gasteiger partial charge in [-0.1, -0.05) is 12.1 Å². The molecule has 0 spiro atoms. The van der Waals surface area contributed by atoms with Gasteiger partial charge in [0, 0.05) is 13.1 Å². The number of hydrogen-bond acceptors (Lipinski definition) is 2. The zero-order chi connectivity index (χ0) is 12.5. The van der Waals surface area contributed by atoms with Crippen molar-refractivity contribution in [3.8, 4) is 0 Å². The number of nitrogens with one attached hydrogen (secondary N) is 2. The van der Waals surface area contributed by atoms with Crippen LogP contribution in [0.1, 0.15) is 12.5 Å². The first-order chi connectivity index (χ1) is 8.26. The quantitative estimate of drug-likeness (QED) is 0.420. The van der Waals surface area contributed by atoms with Crippen LogP contribution in [0, 0.1) is 5.82 Å². The average molecular weight is 367 g/mol. The van der Waals surface area contributed by atoms with Gasteiger partial charge in [-0.25, -0.2) is 9.38 Å². The monoisotopic (exact) mass is 367 g/mol. The van der Waals surface area contributed by atoms with Gasteiger partial charge in [-0.05, 0) is 24.6 Å². The number of guanidine groups is 1. The molecule has 4 nitrogen and oxygen atoms in total. The van der Waals surface area contributed by atoms with Gasteiger partial charge in [-0.15, -0.1) is 24.0 Å². The number of rotatable bonds is 5. The molecule has 0 amide bonds. The number of aliphatic hydroxyl groups excluding tert-OH is 1. The lowest BCUT2D eigenvalue weighted by molar-refractivity contribution is 0.300. The number of aliphatic imine (C=N–C) groups is 1. The van der Waals surface area contributed by atoms with E-state index in [0.717, 1.165) is 12.1 Å². The second-order valence-corrected chi connectivity index (χ2v) is 3.48. The third kappa shape index (κ3) is 6.75. The maximum absolute atomic E-state index is 12.9. The Hall–Kier alpha value is -0.890. The molecule has 0 unspecified atom stereocenters. The molecule has 0 saturated heterocycles. The van der Waals surface area contributed by atoms with Gasteiger partial charge in [0.15, 0.2) is 5.96 Å².